The van der Waals surface area contributed by atoms with E-state index in [9.17, 15) is 0 Å². The Hall–Kier alpha value is -1.97. The molecule has 32 heavy (non-hydrogen) atoms. The van der Waals surface area contributed by atoms with Gasteiger partial charge in [-0.1, -0.05) is 0 Å². The molecule has 4 heterocycles. The highest BCUT2D eigenvalue weighted by molar-refractivity contribution is 9.10. The number of anilines is 2. The van der Waals surface area contributed by atoms with E-state index in [1.807, 2.05) is 13.1 Å². The molecular weight excluding hydrogens is 472 g/mol. The van der Waals surface area contributed by atoms with Gasteiger partial charge in [-0.05, 0) is 67.2 Å². The largest absolute Gasteiger partial charge is 0.461 e. The summed E-state index contributed by atoms with van der Waals surface area (Å²) in [4.78, 5) is 14.6. The van der Waals surface area contributed by atoms with E-state index in [1.54, 1.807) is 0 Å². The summed E-state index contributed by atoms with van der Waals surface area (Å²) in [7, 11) is 1.87. The molecule has 0 unspecified atom stereocenters. The quantitative estimate of drug-likeness (QED) is 0.582. The lowest BCUT2D eigenvalue weighted by atomic mass is 9.95. The molecule has 172 valence electrons. The molecule has 0 saturated carbocycles. The molecule has 0 spiro atoms. The van der Waals surface area contributed by atoms with E-state index in [-0.39, 0.29) is 5.54 Å². The fraction of sp³-hybridized carbons (Fsp3) is 0.609. The molecule has 0 radical (unpaired) electrons. The van der Waals surface area contributed by atoms with Gasteiger partial charge < -0.3 is 25.1 Å². The molecule has 5 rings (SSSR count). The van der Waals surface area contributed by atoms with Gasteiger partial charge in [-0.15, -0.1) is 0 Å². The van der Waals surface area contributed by atoms with Gasteiger partial charge in [-0.2, -0.15) is 9.97 Å². The van der Waals surface area contributed by atoms with Crippen LogP contribution in [0.3, 0.4) is 0 Å². The SMILES string of the molecule is CNc1c(Br)cc2nc(OCC34CCCN3CCC4)nc(N3CCCOCC3)c2c1C=N. The van der Waals surface area contributed by atoms with Crippen molar-refractivity contribution < 1.29 is 9.47 Å². The highest BCUT2D eigenvalue weighted by atomic mass is 79.9. The van der Waals surface area contributed by atoms with Crippen LogP contribution in [0.15, 0.2) is 10.5 Å². The Kier molecular flexibility index (Phi) is 6.22. The summed E-state index contributed by atoms with van der Waals surface area (Å²) in [6.45, 7) is 6.00. The van der Waals surface area contributed by atoms with Gasteiger partial charge in [-0.25, -0.2) is 0 Å². The molecule has 3 aliphatic heterocycles. The lowest BCUT2D eigenvalue weighted by Gasteiger charge is -2.31. The summed E-state index contributed by atoms with van der Waals surface area (Å²) in [5.41, 5.74) is 2.57. The summed E-state index contributed by atoms with van der Waals surface area (Å²) < 4.78 is 12.9. The molecule has 0 bridgehead atoms. The maximum absolute atomic E-state index is 8.13. The van der Waals surface area contributed by atoms with Gasteiger partial charge in [0.1, 0.15) is 12.4 Å². The second kappa shape index (κ2) is 9.11. The van der Waals surface area contributed by atoms with Crippen LogP contribution in [0.4, 0.5) is 11.5 Å². The lowest BCUT2D eigenvalue weighted by molar-refractivity contribution is 0.108. The smallest absolute Gasteiger partial charge is 0.319 e. The first-order valence-corrected chi connectivity index (χ1v) is 12.4. The minimum absolute atomic E-state index is 0.144. The van der Waals surface area contributed by atoms with Crippen LogP contribution in [-0.4, -0.2) is 79.7 Å². The Balaban J connectivity index is 1.57. The highest BCUT2D eigenvalue weighted by Crippen LogP contribution is 2.40. The minimum Gasteiger partial charge on any atom is -0.461 e. The van der Waals surface area contributed by atoms with Crippen LogP contribution in [0.2, 0.25) is 0 Å². The molecule has 1 aromatic heterocycles. The zero-order valence-corrected chi connectivity index (χ0v) is 20.2. The van der Waals surface area contributed by atoms with E-state index in [0.29, 0.717) is 19.2 Å². The third-order valence-corrected chi connectivity index (χ3v) is 7.76. The second-order valence-electron chi connectivity index (χ2n) is 8.93. The van der Waals surface area contributed by atoms with E-state index in [0.717, 1.165) is 58.6 Å². The van der Waals surface area contributed by atoms with Crippen LogP contribution < -0.4 is 15.0 Å². The topological polar surface area (TPSA) is 86.6 Å². The van der Waals surface area contributed by atoms with Gasteiger partial charge >= 0.3 is 6.01 Å². The van der Waals surface area contributed by atoms with E-state index in [2.05, 4.69) is 31.0 Å². The monoisotopic (exact) mass is 502 g/mol. The summed E-state index contributed by atoms with van der Waals surface area (Å²) in [6.07, 6.45) is 7.17. The highest BCUT2D eigenvalue weighted by Gasteiger charge is 2.45. The standard InChI is InChI=1S/C23H31BrN6O2/c1-26-20-16(14-25)19-18(13-17(20)24)27-22(28-21(19)29-7-4-11-31-12-10-29)32-15-23-5-2-8-30(23)9-3-6-23/h13-14,25-26H,2-12,15H2,1H3. The average molecular weight is 503 g/mol. The summed E-state index contributed by atoms with van der Waals surface area (Å²) in [5.74, 6) is 0.824. The van der Waals surface area contributed by atoms with Crippen molar-refractivity contribution in [2.75, 3.05) is 63.3 Å². The summed E-state index contributed by atoms with van der Waals surface area (Å²) in [5, 5.41) is 12.2. The number of ether oxygens (including phenoxy) is 2. The first-order chi connectivity index (χ1) is 15.6. The lowest BCUT2D eigenvalue weighted by Crippen LogP contribution is -2.43. The number of nitrogens with one attached hydrogen (secondary N) is 2. The summed E-state index contributed by atoms with van der Waals surface area (Å²) >= 11 is 3.65. The van der Waals surface area contributed by atoms with Crippen molar-refractivity contribution >= 4 is 44.6 Å². The van der Waals surface area contributed by atoms with Gasteiger partial charge in [0.25, 0.3) is 0 Å². The van der Waals surface area contributed by atoms with Crippen LogP contribution in [0, 0.1) is 5.41 Å². The van der Waals surface area contributed by atoms with Crippen molar-refractivity contribution in [2.45, 2.75) is 37.6 Å². The van der Waals surface area contributed by atoms with Gasteiger partial charge in [-0.3, -0.25) is 4.90 Å². The number of rotatable bonds is 6. The molecule has 8 nitrogen and oxygen atoms in total. The summed E-state index contributed by atoms with van der Waals surface area (Å²) in [6, 6.07) is 2.42. The van der Waals surface area contributed by atoms with Crippen LogP contribution >= 0.6 is 15.9 Å². The molecule has 3 aliphatic rings. The van der Waals surface area contributed by atoms with Crippen molar-refractivity contribution in [2.24, 2.45) is 0 Å². The molecular formula is C23H31BrN6O2. The zero-order chi connectivity index (χ0) is 22.1. The normalized spacial score (nSPS) is 20.9. The number of fused-ring (bicyclic) bond motifs is 2. The van der Waals surface area contributed by atoms with Crippen LogP contribution in [0.5, 0.6) is 6.01 Å². The van der Waals surface area contributed by atoms with Crippen molar-refractivity contribution in [3.63, 3.8) is 0 Å². The molecule has 9 heteroatoms. The van der Waals surface area contributed by atoms with Crippen LogP contribution in [-0.2, 0) is 4.74 Å². The third-order valence-electron chi connectivity index (χ3n) is 7.14. The molecule has 2 aromatic rings. The van der Waals surface area contributed by atoms with Crippen molar-refractivity contribution in [3.8, 4) is 6.01 Å². The van der Waals surface area contributed by atoms with Crippen molar-refractivity contribution in [1.82, 2.24) is 14.9 Å². The zero-order valence-electron chi connectivity index (χ0n) is 18.6. The maximum atomic E-state index is 8.13. The van der Waals surface area contributed by atoms with E-state index in [4.69, 9.17) is 24.9 Å². The Bertz CT molecular complexity index is 998. The van der Waals surface area contributed by atoms with Crippen LogP contribution in [0.1, 0.15) is 37.7 Å². The molecule has 0 amide bonds. The molecule has 3 saturated heterocycles. The molecule has 3 fully saturated rings. The number of hydrogen-bond donors (Lipinski definition) is 2. The maximum Gasteiger partial charge on any atom is 0.319 e. The Morgan fingerprint density at radius 3 is 2.75 bits per heavy atom. The van der Waals surface area contributed by atoms with Crippen LogP contribution in [0.25, 0.3) is 10.9 Å². The molecule has 2 N–H and O–H groups in total. The van der Waals surface area contributed by atoms with Gasteiger partial charge in [0.05, 0.1) is 28.7 Å². The number of nitrogens with zero attached hydrogens (tertiary/aromatic N) is 4. The van der Waals surface area contributed by atoms with Crippen molar-refractivity contribution in [3.05, 3.63) is 16.1 Å². The fourth-order valence-corrected chi connectivity index (χ4v) is 6.19. The number of hydrogen-bond acceptors (Lipinski definition) is 8. The molecule has 0 atom stereocenters. The van der Waals surface area contributed by atoms with Gasteiger partial charge in [0, 0.05) is 43.0 Å². The first kappa shape index (κ1) is 21.9. The Morgan fingerprint density at radius 1 is 1.19 bits per heavy atom. The minimum atomic E-state index is 0.144. The first-order valence-electron chi connectivity index (χ1n) is 11.6. The average Bonchev–Trinajstić information content (AvgIpc) is 3.25. The number of benzene rings is 1. The second-order valence-corrected chi connectivity index (χ2v) is 9.78. The van der Waals surface area contributed by atoms with Crippen molar-refractivity contribution in [1.29, 1.82) is 5.41 Å². The van der Waals surface area contributed by atoms with Gasteiger partial charge in [0.15, 0.2) is 0 Å². The van der Waals surface area contributed by atoms with E-state index >= 15 is 0 Å². The molecule has 0 aliphatic carbocycles. The van der Waals surface area contributed by atoms with E-state index < -0.39 is 0 Å². The number of halogens is 1. The fourth-order valence-electron chi connectivity index (χ4n) is 5.56. The number of aromatic nitrogens is 2. The Morgan fingerprint density at radius 2 is 2.00 bits per heavy atom. The third kappa shape index (κ3) is 3.84. The Labute approximate surface area is 197 Å². The predicted molar refractivity (Wildman–Crippen MR) is 131 cm³/mol. The molecule has 1 aromatic carbocycles. The van der Waals surface area contributed by atoms with E-state index in [1.165, 1.54) is 45.0 Å². The predicted octanol–water partition coefficient (Wildman–Crippen LogP) is 3.67. The van der Waals surface area contributed by atoms with Gasteiger partial charge in [0.2, 0.25) is 0 Å².